The summed E-state index contributed by atoms with van der Waals surface area (Å²) in [5.74, 6) is -0.199. The highest BCUT2D eigenvalue weighted by atomic mass is 16.5. The van der Waals surface area contributed by atoms with E-state index in [1.54, 1.807) is 11.0 Å². The lowest BCUT2D eigenvalue weighted by Gasteiger charge is -2.45. The number of morpholine rings is 1. The number of fused-ring (bicyclic) bond motifs is 1. The van der Waals surface area contributed by atoms with Crippen LogP contribution in [0.15, 0.2) is 18.5 Å². The summed E-state index contributed by atoms with van der Waals surface area (Å²) >= 11 is 0. The zero-order valence-electron chi connectivity index (χ0n) is 11.5. The molecule has 2 fully saturated rings. The average molecular weight is 277 g/mol. The molecule has 20 heavy (non-hydrogen) atoms. The molecule has 2 saturated heterocycles. The predicted octanol–water partition coefficient (Wildman–Crippen LogP) is 0.332. The highest BCUT2D eigenvalue weighted by Crippen LogP contribution is 2.24. The van der Waals surface area contributed by atoms with Crippen molar-refractivity contribution in [2.45, 2.75) is 18.6 Å². The monoisotopic (exact) mass is 277 g/mol. The lowest BCUT2D eigenvalue weighted by Crippen LogP contribution is -2.59. The highest BCUT2D eigenvalue weighted by Gasteiger charge is 2.37. The van der Waals surface area contributed by atoms with Crippen LogP contribution in [0.5, 0.6) is 5.75 Å². The van der Waals surface area contributed by atoms with Crippen molar-refractivity contribution in [1.29, 1.82) is 0 Å². The standard InChI is InChI=1S/C14H19N3O3/c1-16-6-7-20-13-3-5-17(9-11(13)16)14(19)10-2-4-15-8-12(10)18/h2,4,8,11,13,18H,3,5-7,9H2,1H3. The zero-order chi connectivity index (χ0) is 14.1. The first-order chi connectivity index (χ1) is 9.66. The molecule has 0 aliphatic carbocycles. The van der Waals surface area contributed by atoms with Crippen molar-refractivity contribution in [3.63, 3.8) is 0 Å². The number of likely N-dealkylation sites (N-methyl/N-ethyl adjacent to an activating group) is 1. The van der Waals surface area contributed by atoms with E-state index in [1.807, 2.05) is 0 Å². The number of amides is 1. The number of ether oxygens (including phenoxy) is 1. The van der Waals surface area contributed by atoms with E-state index in [0.29, 0.717) is 18.7 Å². The van der Waals surface area contributed by atoms with E-state index >= 15 is 0 Å². The summed E-state index contributed by atoms with van der Waals surface area (Å²) in [6.45, 7) is 2.96. The van der Waals surface area contributed by atoms with Gasteiger partial charge in [-0.15, -0.1) is 0 Å². The zero-order valence-corrected chi connectivity index (χ0v) is 11.5. The average Bonchev–Trinajstić information content (AvgIpc) is 2.47. The number of nitrogens with zero attached hydrogens (tertiary/aromatic N) is 3. The molecule has 0 bridgehead atoms. The number of hydrogen-bond acceptors (Lipinski definition) is 5. The fraction of sp³-hybridized carbons (Fsp3) is 0.571. The topological polar surface area (TPSA) is 65.9 Å². The van der Waals surface area contributed by atoms with Gasteiger partial charge in [0.1, 0.15) is 5.75 Å². The molecule has 2 aliphatic heterocycles. The van der Waals surface area contributed by atoms with Crippen LogP contribution in [0, 0.1) is 0 Å². The summed E-state index contributed by atoms with van der Waals surface area (Å²) in [7, 11) is 2.07. The number of aromatic hydroxyl groups is 1. The lowest BCUT2D eigenvalue weighted by atomic mass is 9.98. The highest BCUT2D eigenvalue weighted by molar-refractivity contribution is 5.96. The van der Waals surface area contributed by atoms with Gasteiger partial charge in [-0.3, -0.25) is 14.7 Å². The Morgan fingerprint density at radius 2 is 2.35 bits per heavy atom. The molecule has 0 radical (unpaired) electrons. The minimum absolute atomic E-state index is 0.0622. The van der Waals surface area contributed by atoms with E-state index in [9.17, 15) is 9.90 Å². The largest absolute Gasteiger partial charge is 0.505 e. The number of carbonyl (C=O) groups excluding carboxylic acids is 1. The summed E-state index contributed by atoms with van der Waals surface area (Å²) in [5, 5.41) is 9.75. The minimum Gasteiger partial charge on any atom is -0.505 e. The van der Waals surface area contributed by atoms with Gasteiger partial charge in [0.2, 0.25) is 0 Å². The summed E-state index contributed by atoms with van der Waals surface area (Å²) < 4.78 is 5.77. The number of likely N-dealkylation sites (tertiary alicyclic amines) is 1. The van der Waals surface area contributed by atoms with Gasteiger partial charge in [0, 0.05) is 25.8 Å². The van der Waals surface area contributed by atoms with Gasteiger partial charge in [-0.1, -0.05) is 0 Å². The molecule has 0 spiro atoms. The second kappa shape index (κ2) is 5.38. The Bertz CT molecular complexity index is 508. The van der Waals surface area contributed by atoms with E-state index in [4.69, 9.17) is 4.74 Å². The fourth-order valence-electron chi connectivity index (χ4n) is 2.96. The van der Waals surface area contributed by atoms with E-state index in [0.717, 1.165) is 19.6 Å². The Kier molecular flexibility index (Phi) is 3.58. The second-order valence-electron chi connectivity index (χ2n) is 5.39. The van der Waals surface area contributed by atoms with Crippen molar-refractivity contribution in [1.82, 2.24) is 14.8 Å². The molecule has 1 aromatic rings. The van der Waals surface area contributed by atoms with Gasteiger partial charge in [0.15, 0.2) is 0 Å². The van der Waals surface area contributed by atoms with Crippen LogP contribution in [0.2, 0.25) is 0 Å². The first kappa shape index (κ1) is 13.3. The third-order valence-electron chi connectivity index (χ3n) is 4.18. The third-order valence-corrected chi connectivity index (χ3v) is 4.18. The Balaban J connectivity index is 1.75. The van der Waals surface area contributed by atoms with Crippen molar-refractivity contribution < 1.29 is 14.6 Å². The van der Waals surface area contributed by atoms with Gasteiger partial charge in [-0.25, -0.2) is 0 Å². The van der Waals surface area contributed by atoms with Gasteiger partial charge in [0.25, 0.3) is 5.91 Å². The Labute approximate surface area is 118 Å². The number of rotatable bonds is 1. The number of hydrogen-bond donors (Lipinski definition) is 1. The molecule has 0 aromatic carbocycles. The first-order valence-electron chi connectivity index (χ1n) is 6.91. The molecular weight excluding hydrogens is 258 g/mol. The number of carbonyl (C=O) groups is 1. The lowest BCUT2D eigenvalue weighted by molar-refractivity contribution is -0.0893. The normalized spacial score (nSPS) is 27.1. The second-order valence-corrected chi connectivity index (χ2v) is 5.39. The summed E-state index contributed by atoms with van der Waals surface area (Å²) in [5.41, 5.74) is 0.317. The number of pyridine rings is 1. The quantitative estimate of drug-likeness (QED) is 0.801. The molecule has 2 unspecified atom stereocenters. The molecular formula is C14H19N3O3. The van der Waals surface area contributed by atoms with E-state index in [1.165, 1.54) is 12.4 Å². The Hall–Kier alpha value is -1.66. The molecule has 3 rings (SSSR count). The molecule has 3 heterocycles. The van der Waals surface area contributed by atoms with Crippen LogP contribution in [-0.2, 0) is 4.74 Å². The molecule has 1 aromatic heterocycles. The summed E-state index contributed by atoms with van der Waals surface area (Å²) in [6.07, 6.45) is 3.88. The fourth-order valence-corrected chi connectivity index (χ4v) is 2.96. The maximum atomic E-state index is 12.5. The van der Waals surface area contributed by atoms with Crippen molar-refractivity contribution in [2.75, 3.05) is 33.3 Å². The smallest absolute Gasteiger partial charge is 0.257 e. The van der Waals surface area contributed by atoms with Crippen LogP contribution >= 0.6 is 0 Å². The first-order valence-corrected chi connectivity index (χ1v) is 6.91. The van der Waals surface area contributed by atoms with Gasteiger partial charge >= 0.3 is 0 Å². The molecule has 6 heteroatoms. The maximum absolute atomic E-state index is 12.5. The molecule has 108 valence electrons. The van der Waals surface area contributed by atoms with Crippen LogP contribution < -0.4 is 0 Å². The Morgan fingerprint density at radius 1 is 1.50 bits per heavy atom. The van der Waals surface area contributed by atoms with Crippen LogP contribution in [-0.4, -0.2) is 71.2 Å². The minimum atomic E-state index is -0.137. The number of piperidine rings is 1. The van der Waals surface area contributed by atoms with Crippen molar-refractivity contribution in [3.8, 4) is 5.75 Å². The molecule has 1 N–H and O–H groups in total. The molecule has 2 aliphatic rings. The van der Waals surface area contributed by atoms with Crippen molar-refractivity contribution >= 4 is 5.91 Å². The van der Waals surface area contributed by atoms with Crippen molar-refractivity contribution in [2.24, 2.45) is 0 Å². The maximum Gasteiger partial charge on any atom is 0.257 e. The van der Waals surface area contributed by atoms with Crippen LogP contribution in [0.4, 0.5) is 0 Å². The molecule has 0 saturated carbocycles. The van der Waals surface area contributed by atoms with Gasteiger partial charge in [-0.05, 0) is 19.5 Å². The van der Waals surface area contributed by atoms with Crippen LogP contribution in [0.25, 0.3) is 0 Å². The van der Waals surface area contributed by atoms with E-state index < -0.39 is 0 Å². The van der Waals surface area contributed by atoms with Gasteiger partial charge < -0.3 is 14.7 Å². The summed E-state index contributed by atoms with van der Waals surface area (Å²) in [6, 6.07) is 1.80. The predicted molar refractivity (Wildman–Crippen MR) is 72.6 cm³/mol. The number of aromatic nitrogens is 1. The van der Waals surface area contributed by atoms with Gasteiger partial charge in [-0.2, -0.15) is 0 Å². The Morgan fingerprint density at radius 3 is 3.15 bits per heavy atom. The van der Waals surface area contributed by atoms with Crippen LogP contribution in [0.3, 0.4) is 0 Å². The van der Waals surface area contributed by atoms with Gasteiger partial charge in [0.05, 0.1) is 30.5 Å². The molecule has 2 atom stereocenters. The van der Waals surface area contributed by atoms with E-state index in [-0.39, 0.29) is 23.8 Å². The SMILES string of the molecule is CN1CCOC2CCN(C(=O)c3ccncc3O)CC21. The summed E-state index contributed by atoms with van der Waals surface area (Å²) in [4.78, 5) is 20.3. The van der Waals surface area contributed by atoms with Crippen LogP contribution in [0.1, 0.15) is 16.8 Å². The molecule has 1 amide bonds. The third kappa shape index (κ3) is 2.36. The van der Waals surface area contributed by atoms with E-state index in [2.05, 4.69) is 16.9 Å². The molecule has 6 nitrogen and oxygen atoms in total. The van der Waals surface area contributed by atoms with Crippen molar-refractivity contribution in [3.05, 3.63) is 24.0 Å².